The van der Waals surface area contributed by atoms with E-state index >= 15 is 0 Å². The molecule has 1 aromatic heterocycles. The van der Waals surface area contributed by atoms with Gasteiger partial charge in [0.15, 0.2) is 5.13 Å². The fourth-order valence-electron chi connectivity index (χ4n) is 3.12. The Labute approximate surface area is 191 Å². The summed E-state index contributed by atoms with van der Waals surface area (Å²) < 4.78 is 10.7. The Kier molecular flexibility index (Phi) is 7.48. The lowest BCUT2D eigenvalue weighted by molar-refractivity contribution is -0.118. The number of hydrogen-bond donors (Lipinski definition) is 2. The summed E-state index contributed by atoms with van der Waals surface area (Å²) in [6.45, 7) is 5.72. The van der Waals surface area contributed by atoms with E-state index in [1.807, 2.05) is 44.4 Å². The average molecular weight is 454 g/mol. The molecule has 3 aromatic rings. The lowest BCUT2D eigenvalue weighted by atomic mass is 10.0. The summed E-state index contributed by atoms with van der Waals surface area (Å²) in [6.07, 6.45) is 0. The van der Waals surface area contributed by atoms with Gasteiger partial charge in [-0.2, -0.15) is 0 Å². The monoisotopic (exact) mass is 453 g/mol. The van der Waals surface area contributed by atoms with E-state index in [-0.39, 0.29) is 17.7 Å². The number of carbonyl (C=O) groups is 2. The Morgan fingerprint density at radius 2 is 1.75 bits per heavy atom. The SMILES string of the molecule is COc1ccc(OC)c(-c2csc(NC(=O)[C@@H](NC(=O)c3ccc(C)cc3)C(C)C)n2)c1. The maximum atomic E-state index is 12.9. The van der Waals surface area contributed by atoms with E-state index < -0.39 is 6.04 Å². The minimum absolute atomic E-state index is 0.109. The van der Waals surface area contributed by atoms with Gasteiger partial charge in [-0.05, 0) is 43.2 Å². The van der Waals surface area contributed by atoms with Gasteiger partial charge in [0.25, 0.3) is 5.91 Å². The Hall–Kier alpha value is -3.39. The van der Waals surface area contributed by atoms with Crippen molar-refractivity contribution in [1.29, 1.82) is 0 Å². The van der Waals surface area contributed by atoms with Crippen LogP contribution in [0.25, 0.3) is 11.3 Å². The van der Waals surface area contributed by atoms with Gasteiger partial charge in [0.05, 0.1) is 19.9 Å². The van der Waals surface area contributed by atoms with E-state index in [1.54, 1.807) is 38.5 Å². The molecule has 1 heterocycles. The highest BCUT2D eigenvalue weighted by Crippen LogP contribution is 2.35. The third-order valence-electron chi connectivity index (χ3n) is 4.97. The highest BCUT2D eigenvalue weighted by Gasteiger charge is 2.25. The van der Waals surface area contributed by atoms with Crippen molar-refractivity contribution >= 4 is 28.3 Å². The van der Waals surface area contributed by atoms with Gasteiger partial charge in [-0.3, -0.25) is 9.59 Å². The number of aromatic nitrogens is 1. The van der Waals surface area contributed by atoms with E-state index in [1.165, 1.54) is 11.3 Å². The average Bonchev–Trinajstić information content (AvgIpc) is 3.25. The molecule has 168 valence electrons. The smallest absolute Gasteiger partial charge is 0.251 e. The van der Waals surface area contributed by atoms with Crippen molar-refractivity contribution in [2.24, 2.45) is 5.92 Å². The van der Waals surface area contributed by atoms with E-state index in [9.17, 15) is 9.59 Å². The molecule has 2 amide bonds. The second-order valence-corrected chi connectivity index (χ2v) is 8.51. The predicted octanol–water partition coefficient (Wildman–Crippen LogP) is 4.53. The number of nitrogens with one attached hydrogen (secondary N) is 2. The molecule has 0 radical (unpaired) electrons. The number of anilines is 1. The Morgan fingerprint density at radius 3 is 2.38 bits per heavy atom. The van der Waals surface area contributed by atoms with Crippen LogP contribution in [0.5, 0.6) is 11.5 Å². The van der Waals surface area contributed by atoms with Crippen LogP contribution in [0.3, 0.4) is 0 Å². The van der Waals surface area contributed by atoms with Crippen LogP contribution in [0.1, 0.15) is 29.8 Å². The van der Waals surface area contributed by atoms with E-state index in [0.29, 0.717) is 27.9 Å². The third-order valence-corrected chi connectivity index (χ3v) is 5.72. The first-order valence-electron chi connectivity index (χ1n) is 10.2. The number of amides is 2. The summed E-state index contributed by atoms with van der Waals surface area (Å²) in [5.41, 5.74) is 2.99. The first-order valence-corrected chi connectivity index (χ1v) is 11.1. The fourth-order valence-corrected chi connectivity index (χ4v) is 3.83. The number of methoxy groups -OCH3 is 2. The van der Waals surface area contributed by atoms with Crippen molar-refractivity contribution in [3.8, 4) is 22.8 Å². The normalized spacial score (nSPS) is 11.7. The van der Waals surface area contributed by atoms with Crippen molar-refractivity contribution in [3.63, 3.8) is 0 Å². The van der Waals surface area contributed by atoms with Gasteiger partial charge in [0, 0.05) is 16.5 Å². The van der Waals surface area contributed by atoms with Crippen LogP contribution in [0.15, 0.2) is 47.8 Å². The molecule has 3 rings (SSSR count). The minimum atomic E-state index is -0.706. The van der Waals surface area contributed by atoms with Gasteiger partial charge in [-0.15, -0.1) is 11.3 Å². The molecule has 0 fully saturated rings. The van der Waals surface area contributed by atoms with Crippen molar-refractivity contribution in [2.45, 2.75) is 26.8 Å². The topological polar surface area (TPSA) is 89.5 Å². The lowest BCUT2D eigenvalue weighted by Crippen LogP contribution is -2.47. The van der Waals surface area contributed by atoms with Crippen molar-refractivity contribution in [3.05, 3.63) is 59.0 Å². The van der Waals surface area contributed by atoms with Crippen LogP contribution in [-0.4, -0.2) is 37.1 Å². The van der Waals surface area contributed by atoms with Crippen LogP contribution in [-0.2, 0) is 4.79 Å². The molecule has 0 aliphatic rings. The van der Waals surface area contributed by atoms with E-state index in [4.69, 9.17) is 9.47 Å². The zero-order chi connectivity index (χ0) is 23.3. The molecular weight excluding hydrogens is 426 g/mol. The number of hydrogen-bond acceptors (Lipinski definition) is 6. The second kappa shape index (κ2) is 10.3. The van der Waals surface area contributed by atoms with Crippen LogP contribution in [0.4, 0.5) is 5.13 Å². The number of thiazole rings is 1. The van der Waals surface area contributed by atoms with E-state index in [2.05, 4.69) is 15.6 Å². The summed E-state index contributed by atoms with van der Waals surface area (Å²) in [5.74, 6) is 0.610. The number of rotatable bonds is 8. The predicted molar refractivity (Wildman–Crippen MR) is 127 cm³/mol. The van der Waals surface area contributed by atoms with Crippen LogP contribution in [0.2, 0.25) is 0 Å². The Bertz CT molecular complexity index is 1090. The van der Waals surface area contributed by atoms with Crippen LogP contribution in [0, 0.1) is 12.8 Å². The maximum Gasteiger partial charge on any atom is 0.251 e. The maximum absolute atomic E-state index is 12.9. The summed E-state index contributed by atoms with van der Waals surface area (Å²) in [5, 5.41) is 7.93. The fraction of sp³-hybridized carbons (Fsp3) is 0.292. The van der Waals surface area contributed by atoms with Gasteiger partial charge in [0.1, 0.15) is 17.5 Å². The number of nitrogens with zero attached hydrogens (tertiary/aromatic N) is 1. The number of ether oxygens (including phenoxy) is 2. The largest absolute Gasteiger partial charge is 0.497 e. The van der Waals surface area contributed by atoms with Crippen LogP contribution < -0.4 is 20.1 Å². The molecule has 0 bridgehead atoms. The molecule has 0 aliphatic carbocycles. The molecule has 0 saturated heterocycles. The molecule has 32 heavy (non-hydrogen) atoms. The first kappa shape index (κ1) is 23.3. The zero-order valence-electron chi connectivity index (χ0n) is 18.8. The van der Waals surface area contributed by atoms with Crippen LogP contribution >= 0.6 is 11.3 Å². The zero-order valence-corrected chi connectivity index (χ0v) is 19.6. The number of carbonyl (C=O) groups excluding carboxylic acids is 2. The van der Waals surface area contributed by atoms with Crippen molar-refractivity contribution in [2.75, 3.05) is 19.5 Å². The lowest BCUT2D eigenvalue weighted by Gasteiger charge is -2.21. The van der Waals surface area contributed by atoms with Gasteiger partial charge >= 0.3 is 0 Å². The molecular formula is C24H27N3O4S. The van der Waals surface area contributed by atoms with Gasteiger partial charge in [-0.1, -0.05) is 31.5 Å². The highest BCUT2D eigenvalue weighted by molar-refractivity contribution is 7.14. The molecule has 0 unspecified atom stereocenters. The second-order valence-electron chi connectivity index (χ2n) is 7.65. The standard InChI is InChI=1S/C24H27N3O4S/c1-14(2)21(26-22(28)16-8-6-15(3)7-9-16)23(29)27-24-25-19(13-32-24)18-12-17(30-4)10-11-20(18)31-5/h6-14,21H,1-5H3,(H,26,28)(H,25,27,29)/t21-/m0/s1. The quantitative estimate of drug-likeness (QED) is 0.523. The Balaban J connectivity index is 1.75. The van der Waals surface area contributed by atoms with Crippen molar-refractivity contribution in [1.82, 2.24) is 10.3 Å². The highest BCUT2D eigenvalue weighted by atomic mass is 32.1. The summed E-state index contributed by atoms with van der Waals surface area (Å²) in [6, 6.07) is 12.0. The molecule has 2 aromatic carbocycles. The molecule has 8 heteroatoms. The summed E-state index contributed by atoms with van der Waals surface area (Å²) >= 11 is 1.30. The number of aryl methyl sites for hydroxylation is 1. The molecule has 7 nitrogen and oxygen atoms in total. The third kappa shape index (κ3) is 5.45. The number of benzene rings is 2. The Morgan fingerprint density at radius 1 is 1.03 bits per heavy atom. The molecule has 1 atom stereocenters. The molecule has 2 N–H and O–H groups in total. The van der Waals surface area contributed by atoms with E-state index in [0.717, 1.165) is 11.1 Å². The molecule has 0 spiro atoms. The first-order chi connectivity index (χ1) is 15.3. The summed E-state index contributed by atoms with van der Waals surface area (Å²) in [7, 11) is 3.18. The van der Waals surface area contributed by atoms with Crippen molar-refractivity contribution < 1.29 is 19.1 Å². The molecule has 0 saturated carbocycles. The van der Waals surface area contributed by atoms with Gasteiger partial charge in [-0.25, -0.2) is 4.98 Å². The minimum Gasteiger partial charge on any atom is -0.497 e. The summed E-state index contributed by atoms with van der Waals surface area (Å²) in [4.78, 5) is 30.1. The van der Waals surface area contributed by atoms with Gasteiger partial charge in [0.2, 0.25) is 5.91 Å². The molecule has 0 aliphatic heterocycles. The van der Waals surface area contributed by atoms with Gasteiger partial charge < -0.3 is 20.1 Å².